The lowest BCUT2D eigenvalue weighted by Gasteiger charge is -2.27. The normalized spacial score (nSPS) is 14.9. The smallest absolute Gasteiger partial charge is 0.273 e. The molecule has 0 saturated heterocycles. The first-order chi connectivity index (χ1) is 17.0. The zero-order valence-corrected chi connectivity index (χ0v) is 20.2. The topological polar surface area (TPSA) is 67.6 Å². The van der Waals surface area contributed by atoms with Gasteiger partial charge in [-0.2, -0.15) is 5.10 Å². The quantitative estimate of drug-likeness (QED) is 0.401. The maximum absolute atomic E-state index is 13.8. The van der Waals surface area contributed by atoms with E-state index in [-0.39, 0.29) is 17.7 Å². The molecule has 1 amide bonds. The van der Waals surface area contributed by atoms with Crippen LogP contribution in [0.5, 0.6) is 11.5 Å². The summed E-state index contributed by atoms with van der Waals surface area (Å²) in [5.74, 6) is 0.455. The molecule has 1 aliphatic rings. The average Bonchev–Trinajstić information content (AvgIpc) is 3.35. The molecule has 6 heteroatoms. The van der Waals surface area contributed by atoms with Gasteiger partial charge in [0.25, 0.3) is 5.91 Å². The van der Waals surface area contributed by atoms with Gasteiger partial charge in [-0.15, -0.1) is 0 Å². The molecule has 0 fully saturated rings. The summed E-state index contributed by atoms with van der Waals surface area (Å²) in [6.07, 6.45) is 0.737. The Balaban J connectivity index is 1.63. The fourth-order valence-corrected chi connectivity index (χ4v) is 4.83. The maximum Gasteiger partial charge on any atom is 0.273 e. The molecule has 0 aliphatic carbocycles. The van der Waals surface area contributed by atoms with Gasteiger partial charge >= 0.3 is 0 Å². The number of aromatic nitrogens is 2. The Morgan fingerprint density at radius 1 is 1.03 bits per heavy atom. The molecule has 1 atom stereocenters. The van der Waals surface area contributed by atoms with Gasteiger partial charge in [0.05, 0.1) is 18.3 Å². The number of carbonyl (C=O) groups excluding carboxylic acids is 1. The molecule has 1 N–H and O–H groups in total. The highest BCUT2D eigenvalue weighted by Gasteiger charge is 2.43. The lowest BCUT2D eigenvalue weighted by molar-refractivity contribution is 0.0741. The lowest BCUT2D eigenvalue weighted by Crippen LogP contribution is -2.32. The first kappa shape index (κ1) is 22.7. The van der Waals surface area contributed by atoms with Crippen molar-refractivity contribution < 1.29 is 14.6 Å². The van der Waals surface area contributed by atoms with Gasteiger partial charge < -0.3 is 14.7 Å². The van der Waals surface area contributed by atoms with Crippen LogP contribution >= 0.6 is 0 Å². The minimum absolute atomic E-state index is 0.0414. The SMILES string of the molecule is CCOc1cc([C@H]2c3c(-c4ccc(C)cc4)nn(C)c3C(=O)N2CCc2ccccc2)ccc1O. The van der Waals surface area contributed by atoms with Crippen molar-refractivity contribution in [1.82, 2.24) is 14.7 Å². The van der Waals surface area contributed by atoms with E-state index >= 15 is 0 Å². The van der Waals surface area contributed by atoms with E-state index in [1.54, 1.807) is 10.7 Å². The fourth-order valence-electron chi connectivity index (χ4n) is 4.83. The highest BCUT2D eigenvalue weighted by Crippen LogP contribution is 2.45. The van der Waals surface area contributed by atoms with Crippen LogP contribution in [0, 0.1) is 6.92 Å². The van der Waals surface area contributed by atoms with Crippen molar-refractivity contribution in [3.05, 3.63) is 101 Å². The molecule has 0 spiro atoms. The predicted molar refractivity (Wildman–Crippen MR) is 136 cm³/mol. The summed E-state index contributed by atoms with van der Waals surface area (Å²) in [7, 11) is 1.83. The monoisotopic (exact) mass is 467 g/mol. The van der Waals surface area contributed by atoms with Crippen molar-refractivity contribution in [3.8, 4) is 22.8 Å². The Labute approximate surface area is 205 Å². The second-order valence-electron chi connectivity index (χ2n) is 8.90. The van der Waals surface area contributed by atoms with Gasteiger partial charge in [-0.1, -0.05) is 66.2 Å². The molecule has 1 aromatic heterocycles. The minimum Gasteiger partial charge on any atom is -0.504 e. The molecule has 3 aromatic carbocycles. The number of rotatable bonds is 7. The van der Waals surface area contributed by atoms with E-state index in [2.05, 4.69) is 43.3 Å². The molecule has 1 aliphatic heterocycles. The van der Waals surface area contributed by atoms with E-state index < -0.39 is 0 Å². The number of fused-ring (bicyclic) bond motifs is 1. The summed E-state index contributed by atoms with van der Waals surface area (Å²) in [6, 6.07) is 23.4. The summed E-state index contributed by atoms with van der Waals surface area (Å²) in [5.41, 5.74) is 6.49. The van der Waals surface area contributed by atoms with Crippen LogP contribution in [0.4, 0.5) is 0 Å². The Bertz CT molecular complexity index is 1360. The van der Waals surface area contributed by atoms with E-state index in [1.807, 2.05) is 49.2 Å². The zero-order valence-electron chi connectivity index (χ0n) is 20.2. The predicted octanol–water partition coefficient (Wildman–Crippen LogP) is 5.29. The molecule has 0 radical (unpaired) electrons. The summed E-state index contributed by atoms with van der Waals surface area (Å²) in [6.45, 7) is 4.92. The molecule has 2 heterocycles. The second-order valence-corrected chi connectivity index (χ2v) is 8.90. The molecule has 5 rings (SSSR count). The number of aromatic hydroxyl groups is 1. The highest BCUT2D eigenvalue weighted by atomic mass is 16.5. The molecule has 0 saturated carbocycles. The van der Waals surface area contributed by atoms with E-state index in [9.17, 15) is 9.90 Å². The number of benzene rings is 3. The molecule has 35 heavy (non-hydrogen) atoms. The van der Waals surface area contributed by atoms with Gasteiger partial charge in [-0.3, -0.25) is 9.48 Å². The largest absolute Gasteiger partial charge is 0.504 e. The number of phenolic OH excluding ortho intramolecular Hbond substituents is 1. The van der Waals surface area contributed by atoms with E-state index in [4.69, 9.17) is 9.84 Å². The molecular weight excluding hydrogens is 438 g/mol. The van der Waals surface area contributed by atoms with Crippen molar-refractivity contribution in [2.75, 3.05) is 13.2 Å². The van der Waals surface area contributed by atoms with Crippen molar-refractivity contribution in [1.29, 1.82) is 0 Å². The van der Waals surface area contributed by atoms with Gasteiger partial charge in [0.1, 0.15) is 5.69 Å². The average molecular weight is 468 g/mol. The van der Waals surface area contributed by atoms with Crippen LogP contribution in [0.15, 0.2) is 72.8 Å². The number of hydrogen-bond acceptors (Lipinski definition) is 4. The number of amides is 1. The Morgan fingerprint density at radius 2 is 1.77 bits per heavy atom. The Kier molecular flexibility index (Phi) is 6.03. The number of ether oxygens (including phenoxy) is 1. The summed E-state index contributed by atoms with van der Waals surface area (Å²) >= 11 is 0. The van der Waals surface area contributed by atoms with Crippen LogP contribution in [0.25, 0.3) is 11.3 Å². The van der Waals surface area contributed by atoms with Crippen molar-refractivity contribution in [2.45, 2.75) is 26.3 Å². The molecule has 6 nitrogen and oxygen atoms in total. The number of carbonyl (C=O) groups is 1. The van der Waals surface area contributed by atoms with Crippen LogP contribution in [-0.2, 0) is 13.5 Å². The molecular formula is C29H29N3O3. The molecule has 4 aromatic rings. The number of aryl methyl sites for hydroxylation is 2. The van der Waals surface area contributed by atoms with Crippen molar-refractivity contribution in [3.63, 3.8) is 0 Å². The van der Waals surface area contributed by atoms with Crippen molar-refractivity contribution >= 4 is 5.91 Å². The third kappa shape index (κ3) is 4.16. The number of hydrogen-bond donors (Lipinski definition) is 1. The van der Waals surface area contributed by atoms with Crippen LogP contribution in [0.1, 0.15) is 45.7 Å². The van der Waals surface area contributed by atoms with Crippen LogP contribution in [0.3, 0.4) is 0 Å². The van der Waals surface area contributed by atoms with Crippen LogP contribution in [-0.4, -0.2) is 38.8 Å². The van der Waals surface area contributed by atoms with Crippen LogP contribution < -0.4 is 4.74 Å². The Morgan fingerprint density at radius 3 is 2.49 bits per heavy atom. The fraction of sp³-hybridized carbons (Fsp3) is 0.241. The first-order valence-electron chi connectivity index (χ1n) is 11.9. The van der Waals surface area contributed by atoms with Crippen LogP contribution in [0.2, 0.25) is 0 Å². The maximum atomic E-state index is 13.8. The third-order valence-electron chi connectivity index (χ3n) is 6.54. The van der Waals surface area contributed by atoms with E-state index in [1.165, 1.54) is 11.1 Å². The molecule has 0 unspecified atom stereocenters. The van der Waals surface area contributed by atoms with Gasteiger partial charge in [0.15, 0.2) is 11.5 Å². The third-order valence-corrected chi connectivity index (χ3v) is 6.54. The van der Waals surface area contributed by atoms with Crippen molar-refractivity contribution in [2.24, 2.45) is 7.05 Å². The van der Waals surface area contributed by atoms with Gasteiger partial charge in [-0.25, -0.2) is 0 Å². The Hall–Kier alpha value is -4.06. The lowest BCUT2D eigenvalue weighted by atomic mass is 9.95. The summed E-state index contributed by atoms with van der Waals surface area (Å²) < 4.78 is 7.38. The molecule has 178 valence electrons. The van der Waals surface area contributed by atoms with Gasteiger partial charge in [0.2, 0.25) is 0 Å². The highest BCUT2D eigenvalue weighted by molar-refractivity contribution is 6.00. The van der Waals surface area contributed by atoms with E-state index in [0.29, 0.717) is 24.6 Å². The zero-order chi connectivity index (χ0) is 24.5. The first-order valence-corrected chi connectivity index (χ1v) is 11.9. The number of phenols is 1. The van der Waals surface area contributed by atoms with E-state index in [0.717, 1.165) is 28.8 Å². The minimum atomic E-state index is -0.342. The van der Waals surface area contributed by atoms with Gasteiger partial charge in [0, 0.05) is 24.7 Å². The number of nitrogens with zero attached hydrogens (tertiary/aromatic N) is 3. The molecule has 0 bridgehead atoms. The standard InChI is InChI=1S/C29H29N3O3/c1-4-35-24-18-22(14-15-23(24)33)27-25-26(21-12-10-19(2)11-13-21)30-31(3)28(25)29(34)32(27)17-16-20-8-6-5-7-9-20/h5-15,18,27,33H,4,16-17H2,1-3H3/t27-/m0/s1. The summed E-state index contributed by atoms with van der Waals surface area (Å²) in [4.78, 5) is 15.7. The van der Waals surface area contributed by atoms with Gasteiger partial charge in [-0.05, 0) is 43.5 Å². The summed E-state index contributed by atoms with van der Waals surface area (Å²) in [5, 5.41) is 15.1. The second kappa shape index (κ2) is 9.29.